The molecule has 1 atom stereocenters. The first-order valence-corrected chi connectivity index (χ1v) is 5.90. The van der Waals surface area contributed by atoms with Gasteiger partial charge in [0, 0.05) is 24.5 Å². The Morgan fingerprint density at radius 2 is 2.28 bits per heavy atom. The summed E-state index contributed by atoms with van der Waals surface area (Å²) in [5, 5.41) is 0. The van der Waals surface area contributed by atoms with Gasteiger partial charge < -0.3 is 4.57 Å². The lowest BCUT2D eigenvalue weighted by molar-refractivity contribution is 0.523. The number of hydrogen-bond acceptors (Lipinski definition) is 3. The zero-order valence-electron chi connectivity index (χ0n) is 10.5. The van der Waals surface area contributed by atoms with Crippen LogP contribution in [-0.4, -0.2) is 9.55 Å². The molecule has 0 bridgehead atoms. The molecule has 2 aromatic rings. The van der Waals surface area contributed by atoms with E-state index in [1.165, 1.54) is 6.07 Å². The van der Waals surface area contributed by atoms with Gasteiger partial charge in [-0.3, -0.25) is 5.84 Å². The minimum Gasteiger partial charge on any atom is -0.334 e. The molecule has 3 N–H and O–H groups in total. The second-order valence-electron chi connectivity index (χ2n) is 4.20. The number of aryl methyl sites for hydroxylation is 2. The van der Waals surface area contributed by atoms with Crippen LogP contribution >= 0.6 is 0 Å². The second-order valence-corrected chi connectivity index (χ2v) is 4.20. The van der Waals surface area contributed by atoms with Gasteiger partial charge in [0.2, 0.25) is 0 Å². The first-order chi connectivity index (χ1) is 8.67. The fourth-order valence-electron chi connectivity index (χ4n) is 2.04. The third kappa shape index (κ3) is 2.27. The van der Waals surface area contributed by atoms with Crippen molar-refractivity contribution in [2.24, 2.45) is 5.84 Å². The van der Waals surface area contributed by atoms with Gasteiger partial charge in [-0.25, -0.2) is 14.8 Å². The van der Waals surface area contributed by atoms with E-state index in [0.29, 0.717) is 11.4 Å². The zero-order valence-corrected chi connectivity index (χ0v) is 10.5. The van der Waals surface area contributed by atoms with E-state index in [4.69, 9.17) is 5.84 Å². The Morgan fingerprint density at radius 1 is 1.50 bits per heavy atom. The van der Waals surface area contributed by atoms with Crippen LogP contribution in [0.2, 0.25) is 0 Å². The number of halogens is 1. The van der Waals surface area contributed by atoms with Crippen LogP contribution in [0.5, 0.6) is 0 Å². The normalized spacial score (nSPS) is 12.7. The third-order valence-corrected chi connectivity index (χ3v) is 2.98. The van der Waals surface area contributed by atoms with Gasteiger partial charge in [0.05, 0.1) is 0 Å². The summed E-state index contributed by atoms with van der Waals surface area (Å²) in [6.07, 6.45) is 3.55. The van der Waals surface area contributed by atoms with Gasteiger partial charge in [-0.1, -0.05) is 17.7 Å². The maximum Gasteiger partial charge on any atom is 0.131 e. The van der Waals surface area contributed by atoms with Gasteiger partial charge >= 0.3 is 0 Å². The minimum absolute atomic E-state index is 0.283. The summed E-state index contributed by atoms with van der Waals surface area (Å²) in [6.45, 7) is 4.69. The molecule has 2 rings (SSSR count). The molecular formula is C13H17FN4. The lowest BCUT2D eigenvalue weighted by Crippen LogP contribution is -2.31. The molecule has 96 valence electrons. The van der Waals surface area contributed by atoms with E-state index in [1.807, 2.05) is 24.6 Å². The van der Waals surface area contributed by atoms with Gasteiger partial charge in [0.1, 0.15) is 17.7 Å². The first kappa shape index (κ1) is 12.7. The van der Waals surface area contributed by atoms with Crippen molar-refractivity contribution in [2.45, 2.75) is 26.4 Å². The Bertz CT molecular complexity index is 536. The van der Waals surface area contributed by atoms with Gasteiger partial charge in [0.15, 0.2) is 0 Å². The maximum atomic E-state index is 13.9. The van der Waals surface area contributed by atoms with Crippen LogP contribution in [0.4, 0.5) is 4.39 Å². The summed E-state index contributed by atoms with van der Waals surface area (Å²) in [4.78, 5) is 4.26. The number of benzene rings is 1. The highest BCUT2D eigenvalue weighted by Crippen LogP contribution is 2.23. The highest BCUT2D eigenvalue weighted by molar-refractivity contribution is 5.30. The van der Waals surface area contributed by atoms with Crippen molar-refractivity contribution in [2.75, 3.05) is 0 Å². The molecular weight excluding hydrogens is 231 g/mol. The van der Waals surface area contributed by atoms with E-state index in [2.05, 4.69) is 10.4 Å². The summed E-state index contributed by atoms with van der Waals surface area (Å²) >= 11 is 0. The zero-order chi connectivity index (χ0) is 13.1. The number of hydrogen-bond donors (Lipinski definition) is 2. The average molecular weight is 248 g/mol. The molecule has 1 unspecified atom stereocenters. The van der Waals surface area contributed by atoms with Crippen molar-refractivity contribution in [1.82, 2.24) is 15.0 Å². The lowest BCUT2D eigenvalue weighted by atomic mass is 10.0. The Kier molecular flexibility index (Phi) is 3.74. The molecule has 0 saturated carbocycles. The van der Waals surface area contributed by atoms with Crippen LogP contribution in [0.15, 0.2) is 30.6 Å². The Hall–Kier alpha value is -1.72. The van der Waals surface area contributed by atoms with E-state index in [-0.39, 0.29) is 5.82 Å². The van der Waals surface area contributed by atoms with Gasteiger partial charge in [-0.2, -0.15) is 0 Å². The predicted molar refractivity (Wildman–Crippen MR) is 68.2 cm³/mol. The van der Waals surface area contributed by atoms with Crippen LogP contribution in [0.1, 0.15) is 29.9 Å². The summed E-state index contributed by atoms with van der Waals surface area (Å²) in [6, 6.07) is 4.53. The number of nitrogens with two attached hydrogens (primary N) is 1. The SMILES string of the molecule is CCn1ccnc1C(NN)c1cc(C)ccc1F. The molecule has 18 heavy (non-hydrogen) atoms. The van der Waals surface area contributed by atoms with Crippen LogP contribution in [-0.2, 0) is 6.54 Å². The molecule has 0 aliphatic carbocycles. The molecule has 4 nitrogen and oxygen atoms in total. The highest BCUT2D eigenvalue weighted by Gasteiger charge is 2.20. The van der Waals surface area contributed by atoms with Crippen molar-refractivity contribution >= 4 is 0 Å². The largest absolute Gasteiger partial charge is 0.334 e. The summed E-state index contributed by atoms with van der Waals surface area (Å²) in [7, 11) is 0. The standard InChI is InChI=1S/C13H17FN4/c1-3-18-7-6-16-13(18)12(17-15)10-8-9(2)4-5-11(10)14/h4-8,12,17H,3,15H2,1-2H3. The van der Waals surface area contributed by atoms with E-state index in [0.717, 1.165) is 12.1 Å². The summed E-state index contributed by atoms with van der Waals surface area (Å²) in [5.41, 5.74) is 4.14. The fourth-order valence-corrected chi connectivity index (χ4v) is 2.04. The lowest BCUT2D eigenvalue weighted by Gasteiger charge is -2.18. The second kappa shape index (κ2) is 5.29. The van der Waals surface area contributed by atoms with Crippen molar-refractivity contribution in [3.8, 4) is 0 Å². The predicted octanol–water partition coefficient (Wildman–Crippen LogP) is 1.90. The molecule has 0 radical (unpaired) electrons. The van der Waals surface area contributed by atoms with E-state index in [9.17, 15) is 4.39 Å². The minimum atomic E-state index is -0.445. The number of nitrogens with zero attached hydrogens (tertiary/aromatic N) is 2. The smallest absolute Gasteiger partial charge is 0.131 e. The number of hydrazine groups is 1. The average Bonchev–Trinajstić information content (AvgIpc) is 2.83. The van der Waals surface area contributed by atoms with Gasteiger partial charge in [-0.05, 0) is 19.9 Å². The molecule has 0 spiro atoms. The quantitative estimate of drug-likeness (QED) is 0.642. The van der Waals surface area contributed by atoms with Crippen LogP contribution in [0.25, 0.3) is 0 Å². The molecule has 0 saturated heterocycles. The number of nitrogens with one attached hydrogen (secondary N) is 1. The highest BCUT2D eigenvalue weighted by atomic mass is 19.1. The number of imidazole rings is 1. The Balaban J connectivity index is 2.48. The number of rotatable bonds is 4. The van der Waals surface area contributed by atoms with Crippen molar-refractivity contribution in [3.63, 3.8) is 0 Å². The molecule has 1 heterocycles. The van der Waals surface area contributed by atoms with E-state index >= 15 is 0 Å². The molecule has 0 fully saturated rings. The monoisotopic (exact) mass is 248 g/mol. The maximum absolute atomic E-state index is 13.9. The first-order valence-electron chi connectivity index (χ1n) is 5.90. The van der Waals surface area contributed by atoms with E-state index < -0.39 is 6.04 Å². The third-order valence-electron chi connectivity index (χ3n) is 2.98. The molecule has 0 aliphatic heterocycles. The molecule has 5 heteroatoms. The molecule has 1 aromatic heterocycles. The molecule has 0 aliphatic rings. The Labute approximate surface area is 106 Å². The summed E-state index contributed by atoms with van der Waals surface area (Å²) < 4.78 is 15.8. The van der Waals surface area contributed by atoms with Crippen molar-refractivity contribution < 1.29 is 4.39 Å². The van der Waals surface area contributed by atoms with Crippen molar-refractivity contribution in [3.05, 3.63) is 53.4 Å². The van der Waals surface area contributed by atoms with Gasteiger partial charge in [0.25, 0.3) is 0 Å². The molecule has 1 aromatic carbocycles. The summed E-state index contributed by atoms with van der Waals surface area (Å²) in [5.74, 6) is 6.00. The van der Waals surface area contributed by atoms with Crippen molar-refractivity contribution in [1.29, 1.82) is 0 Å². The van der Waals surface area contributed by atoms with Crippen LogP contribution in [0, 0.1) is 12.7 Å². The van der Waals surface area contributed by atoms with E-state index in [1.54, 1.807) is 18.3 Å². The topological polar surface area (TPSA) is 55.9 Å². The number of aromatic nitrogens is 2. The Morgan fingerprint density at radius 3 is 2.94 bits per heavy atom. The molecule has 0 amide bonds. The fraction of sp³-hybridized carbons (Fsp3) is 0.308. The van der Waals surface area contributed by atoms with Crippen LogP contribution in [0.3, 0.4) is 0 Å². The van der Waals surface area contributed by atoms with Gasteiger partial charge in [-0.15, -0.1) is 0 Å². The van der Waals surface area contributed by atoms with Crippen LogP contribution < -0.4 is 11.3 Å².